The van der Waals surface area contributed by atoms with Gasteiger partial charge in [0.1, 0.15) is 5.78 Å². The average Bonchev–Trinajstić information content (AvgIpc) is 2.14. The van der Waals surface area contributed by atoms with Gasteiger partial charge in [-0.1, -0.05) is 27.2 Å². The lowest BCUT2D eigenvalue weighted by Crippen LogP contribution is -2.44. The highest BCUT2D eigenvalue weighted by Gasteiger charge is 2.26. The summed E-state index contributed by atoms with van der Waals surface area (Å²) in [5.74, 6) is 0.351. The molecule has 1 rings (SSSR count). The van der Waals surface area contributed by atoms with Crippen molar-refractivity contribution < 1.29 is 4.79 Å². The number of ketones is 1. The number of hydrogen-bond acceptors (Lipinski definition) is 2. The molecule has 0 aliphatic carbocycles. The molecule has 2 heteroatoms. The zero-order valence-electron chi connectivity index (χ0n) is 10.7. The quantitative estimate of drug-likeness (QED) is 0.715. The molecule has 0 aromatic rings. The Morgan fingerprint density at radius 1 is 1.33 bits per heavy atom. The van der Waals surface area contributed by atoms with E-state index in [0.29, 0.717) is 11.2 Å². The fourth-order valence-electron chi connectivity index (χ4n) is 2.20. The summed E-state index contributed by atoms with van der Waals surface area (Å²) in [6.07, 6.45) is 4.72. The van der Waals surface area contributed by atoms with Gasteiger partial charge in [0.2, 0.25) is 0 Å². The molecule has 1 heterocycles. The third-order valence-electron chi connectivity index (χ3n) is 3.23. The van der Waals surface area contributed by atoms with Gasteiger partial charge in [-0.3, -0.25) is 9.69 Å². The van der Waals surface area contributed by atoms with Crippen LogP contribution in [0.5, 0.6) is 0 Å². The number of carbonyl (C=O) groups is 1. The van der Waals surface area contributed by atoms with Crippen LogP contribution in [0.2, 0.25) is 0 Å². The summed E-state index contributed by atoms with van der Waals surface area (Å²) in [5, 5.41) is 0. The van der Waals surface area contributed by atoms with Gasteiger partial charge in [0.15, 0.2) is 0 Å². The molecule has 1 unspecified atom stereocenters. The summed E-state index contributed by atoms with van der Waals surface area (Å²) in [7, 11) is 0. The maximum atomic E-state index is 11.5. The minimum atomic E-state index is 0.209. The first kappa shape index (κ1) is 12.7. The van der Waals surface area contributed by atoms with E-state index in [1.165, 1.54) is 19.3 Å². The Bertz CT molecular complexity index is 217. The summed E-state index contributed by atoms with van der Waals surface area (Å²) in [4.78, 5) is 13.9. The topological polar surface area (TPSA) is 20.3 Å². The third kappa shape index (κ3) is 4.33. The number of rotatable bonds is 3. The second-order valence-corrected chi connectivity index (χ2v) is 5.97. The normalized spacial score (nSPS) is 24.1. The number of piperidine rings is 1. The molecule has 1 atom stereocenters. The summed E-state index contributed by atoms with van der Waals surface area (Å²) in [6.45, 7) is 10.7. The molecule has 0 aromatic heterocycles. The molecule has 88 valence electrons. The minimum Gasteiger partial charge on any atom is -0.298 e. The van der Waals surface area contributed by atoms with Crippen LogP contribution in [0.15, 0.2) is 0 Å². The maximum absolute atomic E-state index is 11.5. The molecular weight excluding hydrogens is 186 g/mol. The fourth-order valence-corrected chi connectivity index (χ4v) is 2.20. The zero-order chi connectivity index (χ0) is 11.5. The number of Topliss-reactive ketones (excluding diaryl/α,β-unsaturated/α-hetero) is 1. The van der Waals surface area contributed by atoms with Gasteiger partial charge in [-0.25, -0.2) is 0 Å². The standard InChI is InChI=1S/C13H25NO/c1-11(15)12-7-5-6-9-14(12)10-8-13(2,3)4/h12H,5-10H2,1-4H3. The van der Waals surface area contributed by atoms with Crippen molar-refractivity contribution in [3.63, 3.8) is 0 Å². The van der Waals surface area contributed by atoms with E-state index in [-0.39, 0.29) is 6.04 Å². The van der Waals surface area contributed by atoms with Gasteiger partial charge >= 0.3 is 0 Å². The Morgan fingerprint density at radius 3 is 2.53 bits per heavy atom. The van der Waals surface area contributed by atoms with Crippen molar-refractivity contribution in [1.29, 1.82) is 0 Å². The molecule has 0 spiro atoms. The molecule has 1 saturated heterocycles. The second kappa shape index (κ2) is 5.11. The molecular formula is C13H25NO. The van der Waals surface area contributed by atoms with E-state index in [1.54, 1.807) is 6.92 Å². The Hall–Kier alpha value is -0.370. The number of likely N-dealkylation sites (tertiary alicyclic amines) is 1. The predicted octanol–water partition coefficient (Wildman–Crippen LogP) is 2.87. The van der Waals surface area contributed by atoms with Crippen molar-refractivity contribution >= 4 is 5.78 Å². The molecule has 1 aliphatic rings. The highest BCUT2D eigenvalue weighted by molar-refractivity contribution is 5.81. The molecule has 2 nitrogen and oxygen atoms in total. The van der Waals surface area contributed by atoms with Gasteiger partial charge in [0.25, 0.3) is 0 Å². The maximum Gasteiger partial charge on any atom is 0.146 e. The van der Waals surface area contributed by atoms with Crippen LogP contribution in [0.3, 0.4) is 0 Å². The monoisotopic (exact) mass is 211 g/mol. The first-order valence-corrected chi connectivity index (χ1v) is 6.15. The van der Waals surface area contributed by atoms with Crippen molar-refractivity contribution in [2.24, 2.45) is 5.41 Å². The molecule has 1 fully saturated rings. The van der Waals surface area contributed by atoms with Crippen LogP contribution >= 0.6 is 0 Å². The smallest absolute Gasteiger partial charge is 0.146 e. The predicted molar refractivity (Wildman–Crippen MR) is 64.0 cm³/mol. The third-order valence-corrected chi connectivity index (χ3v) is 3.23. The highest BCUT2D eigenvalue weighted by atomic mass is 16.1. The summed E-state index contributed by atoms with van der Waals surface area (Å²) < 4.78 is 0. The summed E-state index contributed by atoms with van der Waals surface area (Å²) in [6, 6.07) is 0.209. The van der Waals surface area contributed by atoms with E-state index in [9.17, 15) is 4.79 Å². The van der Waals surface area contributed by atoms with Crippen molar-refractivity contribution in [3.05, 3.63) is 0 Å². The molecule has 0 amide bonds. The van der Waals surface area contributed by atoms with Crippen LogP contribution in [-0.4, -0.2) is 29.8 Å². The first-order valence-electron chi connectivity index (χ1n) is 6.15. The van der Waals surface area contributed by atoms with E-state index in [0.717, 1.165) is 19.5 Å². The Balaban J connectivity index is 2.46. The van der Waals surface area contributed by atoms with Gasteiger partial charge in [-0.05, 0) is 44.7 Å². The molecule has 0 saturated carbocycles. The fraction of sp³-hybridized carbons (Fsp3) is 0.923. The highest BCUT2D eigenvalue weighted by Crippen LogP contribution is 2.23. The van der Waals surface area contributed by atoms with Gasteiger partial charge < -0.3 is 0 Å². The zero-order valence-corrected chi connectivity index (χ0v) is 10.7. The van der Waals surface area contributed by atoms with Crippen molar-refractivity contribution in [3.8, 4) is 0 Å². The average molecular weight is 211 g/mol. The van der Waals surface area contributed by atoms with E-state index in [4.69, 9.17) is 0 Å². The molecule has 0 radical (unpaired) electrons. The Morgan fingerprint density at radius 2 is 2.00 bits per heavy atom. The molecule has 1 aliphatic heterocycles. The Kier molecular flexibility index (Phi) is 4.32. The second-order valence-electron chi connectivity index (χ2n) is 5.97. The van der Waals surface area contributed by atoms with Crippen LogP contribution in [0.1, 0.15) is 53.4 Å². The van der Waals surface area contributed by atoms with Crippen LogP contribution in [0, 0.1) is 5.41 Å². The van der Waals surface area contributed by atoms with Gasteiger partial charge in [0, 0.05) is 0 Å². The van der Waals surface area contributed by atoms with Crippen molar-refractivity contribution in [2.45, 2.75) is 59.4 Å². The molecule has 0 aromatic carbocycles. The van der Waals surface area contributed by atoms with E-state index >= 15 is 0 Å². The Labute approximate surface area is 94.0 Å². The van der Waals surface area contributed by atoms with Crippen LogP contribution in [0.4, 0.5) is 0 Å². The van der Waals surface area contributed by atoms with E-state index < -0.39 is 0 Å². The number of nitrogens with zero attached hydrogens (tertiary/aromatic N) is 1. The molecule has 0 bridgehead atoms. The lowest BCUT2D eigenvalue weighted by Gasteiger charge is -2.35. The number of hydrogen-bond donors (Lipinski definition) is 0. The van der Waals surface area contributed by atoms with Crippen LogP contribution < -0.4 is 0 Å². The number of carbonyl (C=O) groups excluding carboxylic acids is 1. The van der Waals surface area contributed by atoms with Crippen molar-refractivity contribution in [1.82, 2.24) is 4.90 Å². The first-order chi connectivity index (χ1) is 6.90. The van der Waals surface area contributed by atoms with Crippen LogP contribution in [-0.2, 0) is 4.79 Å². The van der Waals surface area contributed by atoms with Gasteiger partial charge in [-0.15, -0.1) is 0 Å². The largest absolute Gasteiger partial charge is 0.298 e. The lowest BCUT2D eigenvalue weighted by atomic mass is 9.90. The van der Waals surface area contributed by atoms with Crippen molar-refractivity contribution in [2.75, 3.05) is 13.1 Å². The molecule has 0 N–H and O–H groups in total. The van der Waals surface area contributed by atoms with Crippen LogP contribution in [0.25, 0.3) is 0 Å². The lowest BCUT2D eigenvalue weighted by molar-refractivity contribution is -0.123. The van der Waals surface area contributed by atoms with E-state index in [2.05, 4.69) is 25.7 Å². The van der Waals surface area contributed by atoms with Gasteiger partial charge in [-0.2, -0.15) is 0 Å². The SMILES string of the molecule is CC(=O)C1CCCCN1CCC(C)(C)C. The van der Waals surface area contributed by atoms with Gasteiger partial charge in [0.05, 0.1) is 6.04 Å². The summed E-state index contributed by atoms with van der Waals surface area (Å²) >= 11 is 0. The molecule has 15 heavy (non-hydrogen) atoms. The minimum absolute atomic E-state index is 0.209. The summed E-state index contributed by atoms with van der Waals surface area (Å²) in [5.41, 5.74) is 0.374. The van der Waals surface area contributed by atoms with E-state index in [1.807, 2.05) is 0 Å².